The highest BCUT2D eigenvalue weighted by Gasteiger charge is 2.33. The van der Waals surface area contributed by atoms with Crippen molar-refractivity contribution in [1.82, 2.24) is 10.2 Å². The van der Waals surface area contributed by atoms with Crippen LogP contribution in [-0.4, -0.2) is 50.0 Å². The molecule has 1 fully saturated rings. The number of ether oxygens (including phenoxy) is 1. The molecule has 41 heavy (non-hydrogen) atoms. The van der Waals surface area contributed by atoms with E-state index in [1.807, 2.05) is 67.6 Å². The number of rotatable bonds is 13. The first kappa shape index (κ1) is 30.1. The van der Waals surface area contributed by atoms with Gasteiger partial charge in [-0.3, -0.25) is 13.9 Å². The van der Waals surface area contributed by atoms with E-state index in [9.17, 15) is 18.0 Å². The molecule has 0 heterocycles. The van der Waals surface area contributed by atoms with Gasteiger partial charge in [0.2, 0.25) is 21.8 Å². The van der Waals surface area contributed by atoms with Gasteiger partial charge in [-0.15, -0.1) is 0 Å². The van der Waals surface area contributed by atoms with E-state index in [0.717, 1.165) is 47.4 Å². The molecule has 3 aromatic rings. The normalized spacial score (nSPS) is 14.3. The summed E-state index contributed by atoms with van der Waals surface area (Å²) in [5.74, 6) is -0.0654. The Morgan fingerprint density at radius 2 is 1.49 bits per heavy atom. The van der Waals surface area contributed by atoms with Gasteiger partial charge in [-0.2, -0.15) is 0 Å². The highest BCUT2D eigenvalue weighted by Crippen LogP contribution is 2.24. The van der Waals surface area contributed by atoms with Crippen LogP contribution in [0.3, 0.4) is 0 Å². The van der Waals surface area contributed by atoms with Crippen molar-refractivity contribution in [2.45, 2.75) is 64.3 Å². The number of carbonyl (C=O) groups excluding carboxylic acids is 2. The fourth-order valence-electron chi connectivity index (χ4n) is 5.13. The molecule has 2 amide bonds. The van der Waals surface area contributed by atoms with Gasteiger partial charge in [0.15, 0.2) is 0 Å². The first-order valence-corrected chi connectivity index (χ1v) is 16.0. The van der Waals surface area contributed by atoms with Gasteiger partial charge >= 0.3 is 0 Å². The molecule has 1 aliphatic carbocycles. The molecule has 8 nitrogen and oxygen atoms in total. The van der Waals surface area contributed by atoms with E-state index in [1.165, 1.54) is 4.90 Å². The molecule has 0 spiro atoms. The van der Waals surface area contributed by atoms with Crippen molar-refractivity contribution in [3.05, 3.63) is 96.1 Å². The molecule has 1 N–H and O–H groups in total. The van der Waals surface area contributed by atoms with Gasteiger partial charge < -0.3 is 15.0 Å². The summed E-state index contributed by atoms with van der Waals surface area (Å²) in [5.41, 5.74) is 2.22. The lowest BCUT2D eigenvalue weighted by Crippen LogP contribution is -2.53. The van der Waals surface area contributed by atoms with E-state index in [-0.39, 0.29) is 18.5 Å². The highest BCUT2D eigenvalue weighted by atomic mass is 32.2. The average Bonchev–Trinajstić information content (AvgIpc) is 3.48. The van der Waals surface area contributed by atoms with E-state index >= 15 is 0 Å². The van der Waals surface area contributed by atoms with Crippen molar-refractivity contribution in [2.75, 3.05) is 17.1 Å². The largest absolute Gasteiger partial charge is 0.489 e. The number of sulfonamides is 1. The summed E-state index contributed by atoms with van der Waals surface area (Å²) in [4.78, 5) is 28.7. The lowest BCUT2D eigenvalue weighted by Gasteiger charge is -2.33. The minimum atomic E-state index is -3.81. The summed E-state index contributed by atoms with van der Waals surface area (Å²) in [5, 5.41) is 3.12. The molecule has 4 rings (SSSR count). The molecule has 0 aliphatic heterocycles. The Balaban J connectivity index is 1.53. The highest BCUT2D eigenvalue weighted by molar-refractivity contribution is 7.92. The van der Waals surface area contributed by atoms with Crippen LogP contribution in [0, 0.1) is 0 Å². The molecule has 218 valence electrons. The van der Waals surface area contributed by atoms with Gasteiger partial charge in [0, 0.05) is 12.6 Å². The Morgan fingerprint density at radius 3 is 2.05 bits per heavy atom. The lowest BCUT2D eigenvalue weighted by atomic mass is 10.1. The third-order valence-corrected chi connectivity index (χ3v) is 8.48. The number of hydrogen-bond acceptors (Lipinski definition) is 5. The summed E-state index contributed by atoms with van der Waals surface area (Å²) in [6.07, 6.45) is 5.50. The molecule has 0 saturated heterocycles. The van der Waals surface area contributed by atoms with Gasteiger partial charge in [0.05, 0.1) is 11.9 Å². The van der Waals surface area contributed by atoms with Gasteiger partial charge in [0.1, 0.15) is 24.9 Å². The summed E-state index contributed by atoms with van der Waals surface area (Å²) in [6, 6.07) is 25.2. The van der Waals surface area contributed by atoms with Crippen molar-refractivity contribution in [1.29, 1.82) is 0 Å². The second-order valence-electron chi connectivity index (χ2n) is 10.5. The van der Waals surface area contributed by atoms with Crippen LogP contribution in [-0.2, 0) is 32.8 Å². The molecular formula is C32H39N3O5S. The number of amides is 2. The fourth-order valence-corrected chi connectivity index (χ4v) is 5.98. The topological polar surface area (TPSA) is 96.0 Å². The summed E-state index contributed by atoms with van der Waals surface area (Å²) >= 11 is 0. The molecule has 0 unspecified atom stereocenters. The zero-order chi connectivity index (χ0) is 29.2. The molecule has 1 atom stereocenters. The molecule has 0 bridgehead atoms. The van der Waals surface area contributed by atoms with E-state index in [1.54, 1.807) is 24.3 Å². The van der Waals surface area contributed by atoms with E-state index in [2.05, 4.69) is 5.32 Å². The predicted octanol–water partition coefficient (Wildman–Crippen LogP) is 4.90. The van der Waals surface area contributed by atoms with Crippen molar-refractivity contribution >= 4 is 27.5 Å². The van der Waals surface area contributed by atoms with Gasteiger partial charge in [0.25, 0.3) is 0 Å². The molecular weight excluding hydrogens is 538 g/mol. The third-order valence-electron chi connectivity index (χ3n) is 7.34. The Labute approximate surface area is 243 Å². The Hall–Kier alpha value is -3.85. The molecule has 0 aromatic heterocycles. The van der Waals surface area contributed by atoms with Crippen LogP contribution < -0.4 is 14.4 Å². The minimum Gasteiger partial charge on any atom is -0.489 e. The summed E-state index contributed by atoms with van der Waals surface area (Å²) in [6.45, 7) is 2.01. The van der Waals surface area contributed by atoms with Crippen LogP contribution >= 0.6 is 0 Å². The molecule has 9 heteroatoms. The number of hydrogen-bond donors (Lipinski definition) is 1. The van der Waals surface area contributed by atoms with Crippen LogP contribution in [0.4, 0.5) is 5.69 Å². The minimum absolute atomic E-state index is 0.111. The zero-order valence-corrected chi connectivity index (χ0v) is 24.6. The Kier molecular flexibility index (Phi) is 10.4. The Morgan fingerprint density at radius 1 is 0.902 bits per heavy atom. The summed E-state index contributed by atoms with van der Waals surface area (Å²) < 4.78 is 32.7. The zero-order valence-electron chi connectivity index (χ0n) is 23.7. The van der Waals surface area contributed by atoms with Crippen molar-refractivity contribution in [3.63, 3.8) is 0 Å². The molecule has 3 aromatic carbocycles. The Bertz CT molecular complexity index is 1380. The second-order valence-corrected chi connectivity index (χ2v) is 12.4. The van der Waals surface area contributed by atoms with Gasteiger partial charge in [-0.25, -0.2) is 8.42 Å². The average molecular weight is 578 g/mol. The van der Waals surface area contributed by atoms with Crippen LogP contribution in [0.5, 0.6) is 5.75 Å². The maximum atomic E-state index is 13.9. The number of nitrogens with one attached hydrogen (secondary N) is 1. The number of anilines is 1. The first-order valence-electron chi connectivity index (χ1n) is 14.1. The van der Waals surface area contributed by atoms with E-state index in [4.69, 9.17) is 4.74 Å². The van der Waals surface area contributed by atoms with Crippen molar-refractivity contribution in [3.8, 4) is 5.75 Å². The maximum Gasteiger partial charge on any atom is 0.244 e. The van der Waals surface area contributed by atoms with Gasteiger partial charge in [-0.05, 0) is 54.7 Å². The predicted molar refractivity (Wildman–Crippen MR) is 161 cm³/mol. The van der Waals surface area contributed by atoms with Crippen molar-refractivity contribution < 1.29 is 22.7 Å². The van der Waals surface area contributed by atoms with Crippen molar-refractivity contribution in [2.24, 2.45) is 0 Å². The SMILES string of the molecule is CC[C@H](C(=O)NC1CCCC1)N(Cc1ccccc1)C(=O)CN(c1ccc(OCc2ccccc2)cc1)S(C)(=O)=O. The number of benzene rings is 3. The summed E-state index contributed by atoms with van der Waals surface area (Å²) in [7, 11) is -3.81. The van der Waals surface area contributed by atoms with Crippen LogP contribution in [0.2, 0.25) is 0 Å². The molecule has 1 aliphatic rings. The van der Waals surface area contributed by atoms with E-state index in [0.29, 0.717) is 24.5 Å². The standard InChI is InChI=1S/C32H39N3O5S/c1-3-30(32(37)33-27-16-10-11-17-27)34(22-25-12-6-4-7-13-25)31(36)23-35(41(2,38)39)28-18-20-29(21-19-28)40-24-26-14-8-5-9-15-26/h4-9,12-15,18-21,27,30H,3,10-11,16-17,22-24H2,1-2H3,(H,33,37)/t30-/m1/s1. The number of carbonyl (C=O) groups is 2. The lowest BCUT2D eigenvalue weighted by molar-refractivity contribution is -0.140. The van der Waals surface area contributed by atoms with Crippen LogP contribution in [0.1, 0.15) is 50.2 Å². The monoisotopic (exact) mass is 577 g/mol. The molecule has 1 saturated carbocycles. The van der Waals surface area contributed by atoms with Gasteiger partial charge in [-0.1, -0.05) is 80.4 Å². The maximum absolute atomic E-state index is 13.9. The van der Waals surface area contributed by atoms with E-state index < -0.39 is 28.5 Å². The fraction of sp³-hybridized carbons (Fsp3) is 0.375. The quantitative estimate of drug-likeness (QED) is 0.312. The smallest absolute Gasteiger partial charge is 0.244 e. The van der Waals surface area contributed by atoms with Crippen LogP contribution in [0.25, 0.3) is 0 Å². The number of nitrogens with zero attached hydrogens (tertiary/aromatic N) is 2. The third kappa shape index (κ3) is 8.57. The second kappa shape index (κ2) is 14.2. The first-order chi connectivity index (χ1) is 19.7. The molecule has 0 radical (unpaired) electrons. The van der Waals surface area contributed by atoms with Crippen LogP contribution in [0.15, 0.2) is 84.9 Å².